The largest absolute Gasteiger partial charge is 0.482 e. The first-order valence-electron chi connectivity index (χ1n) is 5.11. The van der Waals surface area contributed by atoms with Crippen LogP contribution in [0.15, 0.2) is 18.2 Å². The second kappa shape index (κ2) is 6.12. The maximum atomic E-state index is 12.1. The van der Waals surface area contributed by atoms with E-state index in [2.05, 4.69) is 5.32 Å². The van der Waals surface area contributed by atoms with Gasteiger partial charge in [-0.2, -0.15) is 13.2 Å². The van der Waals surface area contributed by atoms with Gasteiger partial charge in [0.15, 0.2) is 6.61 Å². The van der Waals surface area contributed by atoms with Crippen molar-refractivity contribution >= 4 is 11.6 Å². The monoisotopic (exact) mass is 267 g/mol. The number of hydrogen-bond donors (Lipinski definition) is 1. The first-order valence-corrected chi connectivity index (χ1v) is 5.49. The Hall–Kier alpha value is -0.940. The Morgan fingerprint density at radius 1 is 1.35 bits per heavy atom. The molecule has 0 amide bonds. The second-order valence-electron chi connectivity index (χ2n) is 3.41. The van der Waals surface area contributed by atoms with Crippen LogP contribution >= 0.6 is 11.6 Å². The van der Waals surface area contributed by atoms with E-state index in [0.717, 1.165) is 0 Å². The van der Waals surface area contributed by atoms with Gasteiger partial charge < -0.3 is 10.1 Å². The molecule has 1 aromatic carbocycles. The first kappa shape index (κ1) is 14.1. The summed E-state index contributed by atoms with van der Waals surface area (Å²) < 4.78 is 41.0. The highest BCUT2D eigenvalue weighted by molar-refractivity contribution is 6.32. The van der Waals surface area contributed by atoms with Crippen LogP contribution in [0.3, 0.4) is 0 Å². The third-order valence-corrected chi connectivity index (χ3v) is 2.29. The summed E-state index contributed by atoms with van der Waals surface area (Å²) in [4.78, 5) is 0. The van der Waals surface area contributed by atoms with E-state index < -0.39 is 12.8 Å². The molecule has 0 aliphatic carbocycles. The molecule has 1 rings (SSSR count). The molecule has 0 atom stereocenters. The summed E-state index contributed by atoms with van der Waals surface area (Å²) in [5.74, 6) is 0.0902. The van der Waals surface area contributed by atoms with Crippen LogP contribution in [-0.4, -0.2) is 19.3 Å². The molecular weight excluding hydrogens is 255 g/mol. The van der Waals surface area contributed by atoms with Gasteiger partial charge in [-0.1, -0.05) is 30.7 Å². The lowest BCUT2D eigenvalue weighted by Gasteiger charge is -2.14. The lowest BCUT2D eigenvalue weighted by atomic mass is 10.2. The average molecular weight is 268 g/mol. The minimum Gasteiger partial charge on any atom is -0.482 e. The van der Waals surface area contributed by atoms with Crippen LogP contribution in [0.1, 0.15) is 12.5 Å². The van der Waals surface area contributed by atoms with Crippen LogP contribution in [-0.2, 0) is 6.54 Å². The molecule has 0 unspecified atom stereocenters. The molecule has 0 aromatic heterocycles. The molecule has 0 heterocycles. The van der Waals surface area contributed by atoms with Gasteiger partial charge in [-0.3, -0.25) is 0 Å². The van der Waals surface area contributed by atoms with Gasteiger partial charge in [-0.25, -0.2) is 0 Å². The summed E-state index contributed by atoms with van der Waals surface area (Å²) in [5, 5.41) is 3.19. The van der Waals surface area contributed by atoms with Gasteiger partial charge in [0.25, 0.3) is 0 Å². The smallest absolute Gasteiger partial charge is 0.422 e. The molecule has 0 aliphatic heterocycles. The van der Waals surface area contributed by atoms with Crippen molar-refractivity contribution in [3.05, 3.63) is 28.8 Å². The number of nitrogens with one attached hydrogen (secondary N) is 1. The van der Waals surface area contributed by atoms with Crippen LogP contribution < -0.4 is 10.1 Å². The predicted octanol–water partition coefficient (Wildman–Crippen LogP) is 3.39. The fourth-order valence-corrected chi connectivity index (χ4v) is 1.52. The number of alkyl halides is 3. The van der Waals surface area contributed by atoms with E-state index in [1.165, 1.54) is 6.07 Å². The number of benzene rings is 1. The fraction of sp³-hybridized carbons (Fsp3) is 0.455. The Bertz CT molecular complexity index is 368. The van der Waals surface area contributed by atoms with E-state index in [9.17, 15) is 13.2 Å². The fourth-order valence-electron chi connectivity index (χ4n) is 1.27. The number of para-hydroxylation sites is 1. The molecular formula is C11H13ClF3NO. The molecule has 6 heteroatoms. The lowest BCUT2D eigenvalue weighted by molar-refractivity contribution is -0.153. The Kier molecular flexibility index (Phi) is 5.08. The van der Waals surface area contributed by atoms with Crippen LogP contribution in [0.25, 0.3) is 0 Å². The van der Waals surface area contributed by atoms with Crippen molar-refractivity contribution < 1.29 is 17.9 Å². The van der Waals surface area contributed by atoms with Crippen molar-refractivity contribution in [1.82, 2.24) is 5.32 Å². The highest BCUT2D eigenvalue weighted by atomic mass is 35.5. The quantitative estimate of drug-likeness (QED) is 0.883. The summed E-state index contributed by atoms with van der Waals surface area (Å²) in [6.45, 7) is 1.70. The van der Waals surface area contributed by atoms with E-state index >= 15 is 0 Å². The third kappa shape index (κ3) is 4.83. The molecule has 17 heavy (non-hydrogen) atoms. The lowest BCUT2D eigenvalue weighted by Crippen LogP contribution is -2.21. The van der Waals surface area contributed by atoms with E-state index in [1.54, 1.807) is 12.1 Å². The standard InChI is InChI=1S/C11H13ClF3NO/c1-2-16-6-8-4-3-5-9(12)10(8)17-7-11(13,14)15/h3-5,16H,2,6-7H2,1H3. The van der Waals surface area contributed by atoms with Crippen molar-refractivity contribution in [3.8, 4) is 5.75 Å². The Labute approximate surface area is 103 Å². The van der Waals surface area contributed by atoms with Gasteiger partial charge in [0.05, 0.1) is 5.02 Å². The molecule has 0 saturated heterocycles. The molecule has 0 spiro atoms. The summed E-state index contributed by atoms with van der Waals surface area (Å²) in [6.07, 6.45) is -4.37. The SMILES string of the molecule is CCNCc1cccc(Cl)c1OCC(F)(F)F. The zero-order valence-corrected chi connectivity index (χ0v) is 10.0. The zero-order valence-electron chi connectivity index (χ0n) is 9.27. The second-order valence-corrected chi connectivity index (χ2v) is 3.82. The predicted molar refractivity (Wildman–Crippen MR) is 60.4 cm³/mol. The van der Waals surface area contributed by atoms with E-state index in [0.29, 0.717) is 18.7 Å². The van der Waals surface area contributed by atoms with Gasteiger partial charge in [-0.05, 0) is 12.6 Å². The van der Waals surface area contributed by atoms with Gasteiger partial charge >= 0.3 is 6.18 Å². The minimum atomic E-state index is -4.37. The summed E-state index contributed by atoms with van der Waals surface area (Å²) in [5.41, 5.74) is 0.614. The van der Waals surface area contributed by atoms with Crippen molar-refractivity contribution in [3.63, 3.8) is 0 Å². The molecule has 0 fully saturated rings. The van der Waals surface area contributed by atoms with Gasteiger partial charge in [0, 0.05) is 12.1 Å². The van der Waals surface area contributed by atoms with Crippen LogP contribution in [0.4, 0.5) is 13.2 Å². The van der Waals surface area contributed by atoms with Gasteiger partial charge in [0.2, 0.25) is 0 Å². The Morgan fingerprint density at radius 2 is 2.06 bits per heavy atom. The van der Waals surface area contributed by atoms with Crippen LogP contribution in [0.5, 0.6) is 5.75 Å². The summed E-state index contributed by atoms with van der Waals surface area (Å²) in [7, 11) is 0. The zero-order chi connectivity index (χ0) is 12.9. The van der Waals surface area contributed by atoms with E-state index in [4.69, 9.17) is 16.3 Å². The third-order valence-electron chi connectivity index (χ3n) is 1.99. The van der Waals surface area contributed by atoms with Crippen molar-refractivity contribution in [2.75, 3.05) is 13.2 Å². The van der Waals surface area contributed by atoms with Crippen molar-refractivity contribution in [1.29, 1.82) is 0 Å². The molecule has 1 N–H and O–H groups in total. The summed E-state index contributed by atoms with van der Waals surface area (Å²) >= 11 is 5.82. The number of hydrogen-bond acceptors (Lipinski definition) is 2. The molecule has 0 saturated carbocycles. The Morgan fingerprint density at radius 3 is 2.65 bits per heavy atom. The van der Waals surface area contributed by atoms with E-state index in [-0.39, 0.29) is 10.8 Å². The normalized spacial score (nSPS) is 11.6. The topological polar surface area (TPSA) is 21.3 Å². The number of halogens is 4. The minimum absolute atomic E-state index is 0.0902. The van der Waals surface area contributed by atoms with Gasteiger partial charge in [0.1, 0.15) is 5.75 Å². The summed E-state index contributed by atoms with van der Waals surface area (Å²) in [6, 6.07) is 4.86. The molecule has 2 nitrogen and oxygen atoms in total. The first-order chi connectivity index (χ1) is 7.94. The molecule has 1 aromatic rings. The molecule has 0 radical (unpaired) electrons. The van der Waals surface area contributed by atoms with E-state index in [1.807, 2.05) is 6.92 Å². The van der Waals surface area contributed by atoms with Crippen LogP contribution in [0.2, 0.25) is 5.02 Å². The maximum absolute atomic E-state index is 12.1. The molecule has 0 aliphatic rings. The maximum Gasteiger partial charge on any atom is 0.422 e. The number of ether oxygens (including phenoxy) is 1. The highest BCUT2D eigenvalue weighted by Crippen LogP contribution is 2.30. The number of rotatable bonds is 5. The van der Waals surface area contributed by atoms with Crippen molar-refractivity contribution in [2.45, 2.75) is 19.6 Å². The van der Waals surface area contributed by atoms with Gasteiger partial charge in [-0.15, -0.1) is 0 Å². The van der Waals surface area contributed by atoms with Crippen LogP contribution in [0, 0.1) is 0 Å². The average Bonchev–Trinajstić information content (AvgIpc) is 2.23. The van der Waals surface area contributed by atoms with Crippen molar-refractivity contribution in [2.24, 2.45) is 0 Å². The Balaban J connectivity index is 2.80. The molecule has 0 bridgehead atoms. The highest BCUT2D eigenvalue weighted by Gasteiger charge is 2.29. The molecule has 96 valence electrons.